The molecule has 92 valence electrons. The van der Waals surface area contributed by atoms with Gasteiger partial charge in [0.2, 0.25) is 0 Å². The van der Waals surface area contributed by atoms with Crippen LogP contribution in [-0.2, 0) is 14.3 Å². The van der Waals surface area contributed by atoms with Gasteiger partial charge >= 0.3 is 5.97 Å². The molecule has 0 saturated heterocycles. The van der Waals surface area contributed by atoms with Gasteiger partial charge in [-0.05, 0) is 19.3 Å². The number of carbonyl (C=O) groups excluding carboxylic acids is 2. The Balaban J connectivity index is 4.55. The predicted molar refractivity (Wildman–Crippen MR) is 58.3 cm³/mol. The van der Waals surface area contributed by atoms with E-state index < -0.39 is 17.9 Å². The zero-order valence-corrected chi connectivity index (χ0v) is 9.98. The average molecular weight is 230 g/mol. The summed E-state index contributed by atoms with van der Waals surface area (Å²) in [4.78, 5) is 22.7. The fourth-order valence-corrected chi connectivity index (χ4v) is 1.14. The molecule has 0 aliphatic rings. The molecule has 0 aromatic rings. The van der Waals surface area contributed by atoms with Crippen LogP contribution in [-0.4, -0.2) is 35.9 Å². The van der Waals surface area contributed by atoms with Crippen molar-refractivity contribution in [2.24, 2.45) is 11.1 Å². The molecule has 2 N–H and O–H groups in total. The SMILES string of the molecule is COC(=O)[C@H](CC(C)C)NC(=O)/C(C)=N\O. The first-order chi connectivity index (χ1) is 7.42. The zero-order chi connectivity index (χ0) is 12.7. The van der Waals surface area contributed by atoms with Gasteiger partial charge in [0.15, 0.2) is 0 Å². The van der Waals surface area contributed by atoms with E-state index in [9.17, 15) is 9.59 Å². The minimum atomic E-state index is -0.714. The zero-order valence-electron chi connectivity index (χ0n) is 9.98. The molecule has 0 heterocycles. The minimum Gasteiger partial charge on any atom is -0.467 e. The molecule has 0 aliphatic heterocycles. The van der Waals surface area contributed by atoms with Crippen molar-refractivity contribution in [3.63, 3.8) is 0 Å². The van der Waals surface area contributed by atoms with E-state index in [4.69, 9.17) is 5.21 Å². The molecular weight excluding hydrogens is 212 g/mol. The van der Waals surface area contributed by atoms with E-state index in [1.54, 1.807) is 0 Å². The molecule has 16 heavy (non-hydrogen) atoms. The molecular formula is C10H18N2O4. The molecule has 0 bridgehead atoms. The third-order valence-corrected chi connectivity index (χ3v) is 1.98. The van der Waals surface area contributed by atoms with Gasteiger partial charge in [-0.2, -0.15) is 0 Å². The summed E-state index contributed by atoms with van der Waals surface area (Å²) in [6.45, 7) is 5.20. The van der Waals surface area contributed by atoms with Gasteiger partial charge in [0.25, 0.3) is 5.91 Å². The minimum absolute atomic E-state index is 0.0994. The quantitative estimate of drug-likeness (QED) is 0.312. The summed E-state index contributed by atoms with van der Waals surface area (Å²) in [5, 5.41) is 13.6. The second kappa shape index (κ2) is 6.81. The van der Waals surface area contributed by atoms with Crippen molar-refractivity contribution < 1.29 is 19.5 Å². The van der Waals surface area contributed by atoms with Gasteiger partial charge in [-0.25, -0.2) is 4.79 Å². The van der Waals surface area contributed by atoms with Crippen LogP contribution in [0.2, 0.25) is 0 Å². The molecule has 0 rings (SSSR count). The van der Waals surface area contributed by atoms with Gasteiger partial charge in [-0.3, -0.25) is 4.79 Å². The molecule has 0 spiro atoms. The molecule has 0 aliphatic carbocycles. The number of oxime groups is 1. The van der Waals surface area contributed by atoms with Crippen LogP contribution in [0.15, 0.2) is 5.16 Å². The number of ether oxygens (including phenoxy) is 1. The number of esters is 1. The molecule has 0 unspecified atom stereocenters. The Hall–Kier alpha value is -1.59. The highest BCUT2D eigenvalue weighted by atomic mass is 16.5. The van der Waals surface area contributed by atoms with E-state index in [2.05, 4.69) is 15.2 Å². The lowest BCUT2D eigenvalue weighted by Gasteiger charge is -2.17. The van der Waals surface area contributed by atoms with E-state index in [1.807, 2.05) is 13.8 Å². The maximum Gasteiger partial charge on any atom is 0.328 e. The smallest absolute Gasteiger partial charge is 0.328 e. The summed E-state index contributed by atoms with van der Waals surface area (Å²) in [5.74, 6) is -0.859. The van der Waals surface area contributed by atoms with E-state index in [0.29, 0.717) is 6.42 Å². The van der Waals surface area contributed by atoms with Crippen molar-refractivity contribution >= 4 is 17.6 Å². The summed E-state index contributed by atoms with van der Waals surface area (Å²) in [7, 11) is 1.26. The summed E-state index contributed by atoms with van der Waals surface area (Å²) >= 11 is 0. The molecule has 0 radical (unpaired) electrons. The van der Waals surface area contributed by atoms with E-state index >= 15 is 0 Å². The van der Waals surface area contributed by atoms with Crippen LogP contribution in [0, 0.1) is 5.92 Å². The van der Waals surface area contributed by atoms with E-state index in [1.165, 1.54) is 14.0 Å². The predicted octanol–water partition coefficient (Wildman–Crippen LogP) is 0.540. The van der Waals surface area contributed by atoms with Gasteiger partial charge in [-0.1, -0.05) is 19.0 Å². The van der Waals surface area contributed by atoms with Gasteiger partial charge in [-0.15, -0.1) is 0 Å². The van der Waals surface area contributed by atoms with Crippen LogP contribution >= 0.6 is 0 Å². The van der Waals surface area contributed by atoms with Crippen LogP contribution in [0.25, 0.3) is 0 Å². The molecule has 1 amide bonds. The normalized spacial score (nSPS) is 13.4. The van der Waals surface area contributed by atoms with Gasteiger partial charge in [0, 0.05) is 0 Å². The first kappa shape index (κ1) is 14.4. The fourth-order valence-electron chi connectivity index (χ4n) is 1.14. The summed E-state index contributed by atoms with van der Waals surface area (Å²) in [5.41, 5.74) is -0.0994. The molecule has 0 saturated carbocycles. The van der Waals surface area contributed by atoms with Crippen LogP contribution in [0.3, 0.4) is 0 Å². The Kier molecular flexibility index (Phi) is 6.14. The standard InChI is InChI=1S/C10H18N2O4/c1-6(2)5-8(10(14)16-4)11-9(13)7(3)12-15/h6,8,15H,5H2,1-4H3,(H,11,13)/b12-7-/t8-/m0/s1. The van der Waals surface area contributed by atoms with Crippen LogP contribution < -0.4 is 5.32 Å². The lowest BCUT2D eigenvalue weighted by atomic mass is 10.0. The van der Waals surface area contributed by atoms with Crippen LogP contribution in [0.4, 0.5) is 0 Å². The van der Waals surface area contributed by atoms with Crippen molar-refractivity contribution in [3.05, 3.63) is 0 Å². The Morgan fingerprint density at radius 1 is 1.44 bits per heavy atom. The third-order valence-electron chi connectivity index (χ3n) is 1.98. The van der Waals surface area contributed by atoms with Crippen molar-refractivity contribution in [1.82, 2.24) is 5.32 Å². The molecule has 0 aromatic carbocycles. The maximum absolute atomic E-state index is 11.4. The summed E-state index contributed by atoms with van der Waals surface area (Å²) in [6.07, 6.45) is 0.469. The molecule has 0 aromatic heterocycles. The second-order valence-corrected chi connectivity index (χ2v) is 3.86. The van der Waals surface area contributed by atoms with Gasteiger partial charge in [0.1, 0.15) is 11.8 Å². The summed E-state index contributed by atoms with van der Waals surface area (Å²) in [6, 6.07) is -0.714. The van der Waals surface area contributed by atoms with Gasteiger partial charge < -0.3 is 15.3 Å². The first-order valence-electron chi connectivity index (χ1n) is 4.99. The number of nitrogens with one attached hydrogen (secondary N) is 1. The number of rotatable bonds is 5. The molecule has 1 atom stereocenters. The van der Waals surface area contributed by atoms with Gasteiger partial charge in [0.05, 0.1) is 7.11 Å². The van der Waals surface area contributed by atoms with Crippen LogP contribution in [0.1, 0.15) is 27.2 Å². The topological polar surface area (TPSA) is 88.0 Å². The lowest BCUT2D eigenvalue weighted by Crippen LogP contribution is -2.44. The largest absolute Gasteiger partial charge is 0.467 e. The number of amides is 1. The monoisotopic (exact) mass is 230 g/mol. The van der Waals surface area contributed by atoms with E-state index in [-0.39, 0.29) is 11.6 Å². The molecule has 0 fully saturated rings. The highest BCUT2D eigenvalue weighted by Crippen LogP contribution is 2.06. The number of hydrogen-bond acceptors (Lipinski definition) is 5. The first-order valence-corrected chi connectivity index (χ1v) is 4.99. The maximum atomic E-state index is 11.4. The van der Waals surface area contributed by atoms with Crippen molar-refractivity contribution in [1.29, 1.82) is 0 Å². The third kappa shape index (κ3) is 4.77. The Morgan fingerprint density at radius 2 is 2.00 bits per heavy atom. The van der Waals surface area contributed by atoms with E-state index in [0.717, 1.165) is 0 Å². The number of carbonyl (C=O) groups is 2. The highest BCUT2D eigenvalue weighted by molar-refractivity contribution is 6.38. The Labute approximate surface area is 94.7 Å². The average Bonchev–Trinajstić information content (AvgIpc) is 2.25. The Bertz CT molecular complexity index is 287. The second-order valence-electron chi connectivity index (χ2n) is 3.86. The number of methoxy groups -OCH3 is 1. The Morgan fingerprint density at radius 3 is 2.38 bits per heavy atom. The van der Waals surface area contributed by atoms with Crippen molar-refractivity contribution in [2.75, 3.05) is 7.11 Å². The molecule has 6 heteroatoms. The number of nitrogens with zero attached hydrogens (tertiary/aromatic N) is 1. The fraction of sp³-hybridized carbons (Fsp3) is 0.700. The van der Waals surface area contributed by atoms with Crippen LogP contribution in [0.5, 0.6) is 0 Å². The highest BCUT2D eigenvalue weighted by Gasteiger charge is 2.23. The van der Waals surface area contributed by atoms with Crippen molar-refractivity contribution in [3.8, 4) is 0 Å². The molecule has 6 nitrogen and oxygen atoms in total. The lowest BCUT2D eigenvalue weighted by molar-refractivity contribution is -0.144. The summed E-state index contributed by atoms with van der Waals surface area (Å²) < 4.78 is 4.57. The van der Waals surface area contributed by atoms with Crippen molar-refractivity contribution in [2.45, 2.75) is 33.2 Å². The number of hydrogen-bond donors (Lipinski definition) is 2.